The summed E-state index contributed by atoms with van der Waals surface area (Å²) in [5, 5.41) is 14.1. The molecule has 124 valence electrons. The molecule has 0 aliphatic carbocycles. The lowest BCUT2D eigenvalue weighted by molar-refractivity contribution is 0.475. The maximum atomic E-state index is 9.62. The predicted octanol–water partition coefficient (Wildman–Crippen LogP) is 5.42. The summed E-state index contributed by atoms with van der Waals surface area (Å²) in [7, 11) is 0. The largest absolute Gasteiger partial charge is 0.508 e. The molecule has 4 rings (SSSR count). The van der Waals surface area contributed by atoms with Crippen molar-refractivity contribution in [3.8, 4) is 16.9 Å². The molecular formula is C20H17N3OS. The molecule has 0 unspecified atom stereocenters. The topological polar surface area (TPSA) is 58.0 Å². The van der Waals surface area contributed by atoms with Gasteiger partial charge in [-0.3, -0.25) is 0 Å². The number of anilines is 2. The van der Waals surface area contributed by atoms with Gasteiger partial charge in [0.1, 0.15) is 22.7 Å². The molecule has 0 amide bonds. The van der Waals surface area contributed by atoms with Gasteiger partial charge in [-0.1, -0.05) is 30.3 Å². The third-order valence-electron chi connectivity index (χ3n) is 4.19. The number of hydrogen-bond donors (Lipinski definition) is 2. The summed E-state index contributed by atoms with van der Waals surface area (Å²) in [5.41, 5.74) is 4.20. The summed E-state index contributed by atoms with van der Waals surface area (Å²) in [5.74, 6) is 1.04. The van der Waals surface area contributed by atoms with Crippen LogP contribution in [0.25, 0.3) is 21.3 Å². The molecule has 0 spiro atoms. The van der Waals surface area contributed by atoms with Gasteiger partial charge < -0.3 is 10.4 Å². The lowest BCUT2D eigenvalue weighted by atomic mass is 10.0. The summed E-state index contributed by atoms with van der Waals surface area (Å²) in [6, 6.07) is 15.6. The minimum atomic E-state index is 0.257. The second kappa shape index (κ2) is 6.18. The van der Waals surface area contributed by atoms with Crippen molar-refractivity contribution in [3.63, 3.8) is 0 Å². The molecule has 2 aromatic heterocycles. The molecule has 0 aliphatic rings. The van der Waals surface area contributed by atoms with E-state index in [-0.39, 0.29) is 5.75 Å². The number of rotatable bonds is 3. The van der Waals surface area contributed by atoms with Gasteiger partial charge in [0.2, 0.25) is 0 Å². The summed E-state index contributed by atoms with van der Waals surface area (Å²) >= 11 is 1.67. The molecule has 2 aromatic carbocycles. The Morgan fingerprint density at radius 3 is 2.56 bits per heavy atom. The Morgan fingerprint density at radius 1 is 1.00 bits per heavy atom. The van der Waals surface area contributed by atoms with Gasteiger partial charge in [0.05, 0.1) is 5.39 Å². The summed E-state index contributed by atoms with van der Waals surface area (Å²) < 4.78 is 0. The fourth-order valence-electron chi connectivity index (χ4n) is 3.01. The number of phenols is 1. The van der Waals surface area contributed by atoms with E-state index in [0.717, 1.165) is 32.8 Å². The zero-order valence-electron chi connectivity index (χ0n) is 13.9. The molecule has 5 heteroatoms. The summed E-state index contributed by atoms with van der Waals surface area (Å²) in [6.45, 7) is 4.07. The van der Waals surface area contributed by atoms with Crippen molar-refractivity contribution in [2.75, 3.05) is 5.32 Å². The van der Waals surface area contributed by atoms with E-state index in [1.165, 1.54) is 10.4 Å². The van der Waals surface area contributed by atoms with Crippen LogP contribution in [-0.4, -0.2) is 15.1 Å². The van der Waals surface area contributed by atoms with Gasteiger partial charge in [-0.15, -0.1) is 11.3 Å². The molecular weight excluding hydrogens is 330 g/mol. The molecule has 0 radical (unpaired) electrons. The van der Waals surface area contributed by atoms with Gasteiger partial charge >= 0.3 is 0 Å². The molecule has 0 bridgehead atoms. The number of fused-ring (bicyclic) bond motifs is 1. The molecule has 4 aromatic rings. The van der Waals surface area contributed by atoms with Crippen molar-refractivity contribution in [1.82, 2.24) is 9.97 Å². The van der Waals surface area contributed by atoms with Gasteiger partial charge in [-0.25, -0.2) is 9.97 Å². The zero-order chi connectivity index (χ0) is 17.4. The normalized spacial score (nSPS) is 11.0. The first kappa shape index (κ1) is 15.6. The van der Waals surface area contributed by atoms with E-state index in [9.17, 15) is 5.11 Å². The minimum absolute atomic E-state index is 0.257. The molecule has 0 aliphatic heterocycles. The number of aromatic hydroxyl groups is 1. The second-order valence-corrected chi connectivity index (χ2v) is 7.13. The van der Waals surface area contributed by atoms with E-state index in [1.54, 1.807) is 29.8 Å². The first-order chi connectivity index (χ1) is 12.1. The molecule has 2 heterocycles. The lowest BCUT2D eigenvalue weighted by Gasteiger charge is -2.11. The van der Waals surface area contributed by atoms with E-state index in [4.69, 9.17) is 0 Å². The highest BCUT2D eigenvalue weighted by molar-refractivity contribution is 7.19. The van der Waals surface area contributed by atoms with E-state index in [1.807, 2.05) is 31.2 Å². The fourth-order valence-corrected chi connectivity index (χ4v) is 4.02. The number of nitrogens with one attached hydrogen (secondary N) is 1. The third-order valence-corrected chi connectivity index (χ3v) is 5.20. The monoisotopic (exact) mass is 347 g/mol. The van der Waals surface area contributed by atoms with Crippen molar-refractivity contribution in [1.29, 1.82) is 0 Å². The van der Waals surface area contributed by atoms with Crippen molar-refractivity contribution >= 4 is 33.1 Å². The van der Waals surface area contributed by atoms with Crippen LogP contribution in [0, 0.1) is 13.8 Å². The molecule has 2 N–H and O–H groups in total. The van der Waals surface area contributed by atoms with Gasteiger partial charge in [0.25, 0.3) is 0 Å². The highest BCUT2D eigenvalue weighted by Crippen LogP contribution is 2.41. The van der Waals surface area contributed by atoms with Crippen molar-refractivity contribution in [3.05, 3.63) is 65.3 Å². The number of hydrogen-bond acceptors (Lipinski definition) is 5. The number of thiophene rings is 1. The number of aromatic nitrogens is 2. The van der Waals surface area contributed by atoms with Crippen LogP contribution in [0.2, 0.25) is 0 Å². The quantitative estimate of drug-likeness (QED) is 0.486. The Balaban J connectivity index is 1.90. The average Bonchev–Trinajstić information content (AvgIpc) is 2.95. The standard InChI is InChI=1S/C20H17N3OS/c1-12-10-15(24)8-9-16(12)23-19-18-17(14-6-4-3-5-7-14)13(2)25-20(18)22-11-21-19/h3-11,24H,1-2H3,(H,21,22,23). The average molecular weight is 347 g/mol. The van der Waals surface area contributed by atoms with E-state index in [0.29, 0.717) is 0 Å². The fraction of sp³-hybridized carbons (Fsp3) is 0.100. The highest BCUT2D eigenvalue weighted by Gasteiger charge is 2.17. The van der Waals surface area contributed by atoms with Gasteiger partial charge in [-0.2, -0.15) is 0 Å². The molecule has 0 fully saturated rings. The van der Waals surface area contributed by atoms with Crippen LogP contribution < -0.4 is 5.32 Å². The summed E-state index contributed by atoms with van der Waals surface area (Å²) in [4.78, 5) is 11.1. The Labute approximate surface area is 149 Å². The number of aryl methyl sites for hydroxylation is 2. The Bertz CT molecular complexity index is 1060. The van der Waals surface area contributed by atoms with Crippen LogP contribution >= 0.6 is 11.3 Å². The minimum Gasteiger partial charge on any atom is -0.508 e. The number of phenolic OH excluding ortho intramolecular Hbond substituents is 1. The molecule has 0 saturated heterocycles. The Kier molecular flexibility index (Phi) is 3.86. The number of nitrogens with zero attached hydrogens (tertiary/aromatic N) is 2. The summed E-state index contributed by atoms with van der Waals surface area (Å²) in [6.07, 6.45) is 1.59. The first-order valence-corrected chi connectivity index (χ1v) is 8.81. The highest BCUT2D eigenvalue weighted by atomic mass is 32.1. The maximum Gasteiger partial charge on any atom is 0.143 e. The SMILES string of the molecule is Cc1cc(O)ccc1Nc1ncnc2sc(C)c(-c3ccccc3)c12. The lowest BCUT2D eigenvalue weighted by Crippen LogP contribution is -1.97. The van der Waals surface area contributed by atoms with Crippen LogP contribution in [0.5, 0.6) is 5.75 Å². The van der Waals surface area contributed by atoms with E-state index in [2.05, 4.69) is 34.3 Å². The van der Waals surface area contributed by atoms with Gasteiger partial charge in [0, 0.05) is 16.1 Å². The second-order valence-electron chi connectivity index (χ2n) is 5.93. The van der Waals surface area contributed by atoms with Crippen LogP contribution in [0.3, 0.4) is 0 Å². The maximum absolute atomic E-state index is 9.62. The number of benzene rings is 2. The third kappa shape index (κ3) is 2.83. The Morgan fingerprint density at radius 2 is 1.80 bits per heavy atom. The van der Waals surface area contributed by atoms with E-state index >= 15 is 0 Å². The van der Waals surface area contributed by atoms with Crippen LogP contribution in [0.1, 0.15) is 10.4 Å². The van der Waals surface area contributed by atoms with Crippen LogP contribution in [-0.2, 0) is 0 Å². The van der Waals surface area contributed by atoms with E-state index < -0.39 is 0 Å². The Hall–Kier alpha value is -2.92. The molecule has 25 heavy (non-hydrogen) atoms. The van der Waals surface area contributed by atoms with Crippen molar-refractivity contribution < 1.29 is 5.11 Å². The first-order valence-electron chi connectivity index (χ1n) is 7.99. The van der Waals surface area contributed by atoms with Crippen molar-refractivity contribution in [2.24, 2.45) is 0 Å². The van der Waals surface area contributed by atoms with Crippen LogP contribution in [0.15, 0.2) is 54.9 Å². The molecule has 0 atom stereocenters. The molecule has 0 saturated carbocycles. The molecule has 4 nitrogen and oxygen atoms in total. The zero-order valence-corrected chi connectivity index (χ0v) is 14.8. The van der Waals surface area contributed by atoms with Crippen LogP contribution in [0.4, 0.5) is 11.5 Å². The van der Waals surface area contributed by atoms with Gasteiger partial charge in [-0.05, 0) is 43.2 Å². The smallest absolute Gasteiger partial charge is 0.143 e. The van der Waals surface area contributed by atoms with Crippen molar-refractivity contribution in [2.45, 2.75) is 13.8 Å². The van der Waals surface area contributed by atoms with Gasteiger partial charge in [0.15, 0.2) is 0 Å². The predicted molar refractivity (Wildman–Crippen MR) is 104 cm³/mol.